The Balaban J connectivity index is 2.68. The molecule has 0 aliphatic carbocycles. The van der Waals surface area contributed by atoms with Crippen LogP contribution in [0, 0.1) is 0 Å². The summed E-state index contributed by atoms with van der Waals surface area (Å²) in [6.45, 7) is 2.05. The van der Waals surface area contributed by atoms with Crippen molar-refractivity contribution < 1.29 is 4.79 Å². The minimum Gasteiger partial charge on any atom is -0.322 e. The van der Waals surface area contributed by atoms with Gasteiger partial charge in [-0.05, 0) is 18.6 Å². The standard InChI is InChI=1S/C12H16Cl2N2O/c1-2-3-7-10(15)12(17)16-11-8(13)5-4-6-9(11)14/h4-6,10H,2-3,7,15H2,1H3,(H,16,17)/t10-/m0/s1. The lowest BCUT2D eigenvalue weighted by Gasteiger charge is -2.13. The second kappa shape index (κ2) is 6.84. The van der Waals surface area contributed by atoms with Crippen molar-refractivity contribution in [3.05, 3.63) is 28.2 Å². The van der Waals surface area contributed by atoms with Crippen LogP contribution in [0.5, 0.6) is 0 Å². The van der Waals surface area contributed by atoms with E-state index >= 15 is 0 Å². The van der Waals surface area contributed by atoms with Crippen LogP contribution in [-0.2, 0) is 4.79 Å². The number of nitrogens with one attached hydrogen (secondary N) is 1. The van der Waals surface area contributed by atoms with Gasteiger partial charge in [0.15, 0.2) is 0 Å². The largest absolute Gasteiger partial charge is 0.322 e. The van der Waals surface area contributed by atoms with Gasteiger partial charge in [0.05, 0.1) is 21.8 Å². The molecule has 1 rings (SSSR count). The van der Waals surface area contributed by atoms with E-state index in [1.165, 1.54) is 0 Å². The molecule has 3 nitrogen and oxygen atoms in total. The van der Waals surface area contributed by atoms with E-state index < -0.39 is 6.04 Å². The van der Waals surface area contributed by atoms with Crippen LogP contribution in [0.1, 0.15) is 26.2 Å². The molecule has 1 amide bonds. The van der Waals surface area contributed by atoms with E-state index in [-0.39, 0.29) is 5.91 Å². The van der Waals surface area contributed by atoms with Crippen LogP contribution in [0.2, 0.25) is 10.0 Å². The third kappa shape index (κ3) is 4.19. The quantitative estimate of drug-likeness (QED) is 0.864. The minimum absolute atomic E-state index is 0.256. The number of halogens is 2. The topological polar surface area (TPSA) is 55.1 Å². The molecule has 0 aliphatic rings. The fourth-order valence-electron chi connectivity index (χ4n) is 1.39. The Labute approximate surface area is 111 Å². The second-order valence-corrected chi connectivity index (χ2v) is 4.65. The van der Waals surface area contributed by atoms with Gasteiger partial charge < -0.3 is 11.1 Å². The summed E-state index contributed by atoms with van der Waals surface area (Å²) in [5.41, 5.74) is 6.18. The first-order chi connectivity index (χ1) is 8.06. The molecule has 1 atom stereocenters. The summed E-state index contributed by atoms with van der Waals surface area (Å²) in [4.78, 5) is 11.8. The predicted octanol–water partition coefficient (Wildman–Crippen LogP) is 3.45. The number of unbranched alkanes of at least 4 members (excludes halogenated alkanes) is 1. The van der Waals surface area contributed by atoms with Gasteiger partial charge in [-0.1, -0.05) is 49.0 Å². The van der Waals surface area contributed by atoms with E-state index in [2.05, 4.69) is 12.2 Å². The molecule has 94 valence electrons. The maximum absolute atomic E-state index is 11.8. The van der Waals surface area contributed by atoms with Crippen LogP contribution in [-0.4, -0.2) is 11.9 Å². The van der Waals surface area contributed by atoms with Gasteiger partial charge in [0.2, 0.25) is 5.91 Å². The zero-order chi connectivity index (χ0) is 12.8. The van der Waals surface area contributed by atoms with E-state index in [4.69, 9.17) is 28.9 Å². The van der Waals surface area contributed by atoms with Crippen LogP contribution < -0.4 is 11.1 Å². The summed E-state index contributed by atoms with van der Waals surface area (Å²) in [5.74, 6) is -0.256. The maximum atomic E-state index is 11.8. The Bertz CT molecular complexity index is 376. The minimum atomic E-state index is -0.526. The maximum Gasteiger partial charge on any atom is 0.241 e. The van der Waals surface area contributed by atoms with Crippen LogP contribution in [0.3, 0.4) is 0 Å². The molecule has 0 bridgehead atoms. The molecule has 17 heavy (non-hydrogen) atoms. The van der Waals surface area contributed by atoms with Gasteiger partial charge in [0, 0.05) is 0 Å². The summed E-state index contributed by atoms with van der Waals surface area (Å²) in [7, 11) is 0. The van der Waals surface area contributed by atoms with Crippen molar-refractivity contribution in [2.45, 2.75) is 32.2 Å². The summed E-state index contributed by atoms with van der Waals surface area (Å²) in [6.07, 6.45) is 2.59. The first-order valence-corrected chi connectivity index (χ1v) is 6.32. The molecule has 0 unspecified atom stereocenters. The highest BCUT2D eigenvalue weighted by Gasteiger charge is 2.15. The number of anilines is 1. The van der Waals surface area contributed by atoms with Gasteiger partial charge in [-0.15, -0.1) is 0 Å². The lowest BCUT2D eigenvalue weighted by molar-refractivity contribution is -0.117. The van der Waals surface area contributed by atoms with Gasteiger partial charge in [-0.25, -0.2) is 0 Å². The van der Waals surface area contributed by atoms with Gasteiger partial charge in [0.25, 0.3) is 0 Å². The van der Waals surface area contributed by atoms with Gasteiger partial charge >= 0.3 is 0 Å². The Kier molecular flexibility index (Phi) is 5.75. The normalized spacial score (nSPS) is 12.2. The molecule has 0 heterocycles. The zero-order valence-electron chi connectivity index (χ0n) is 9.67. The first-order valence-electron chi connectivity index (χ1n) is 5.56. The summed E-state index contributed by atoms with van der Waals surface area (Å²) >= 11 is 11.9. The number of para-hydroxylation sites is 1. The second-order valence-electron chi connectivity index (χ2n) is 3.83. The zero-order valence-corrected chi connectivity index (χ0v) is 11.2. The monoisotopic (exact) mass is 274 g/mol. The average molecular weight is 275 g/mol. The van der Waals surface area contributed by atoms with E-state index in [9.17, 15) is 4.79 Å². The molecule has 5 heteroatoms. The number of carbonyl (C=O) groups excluding carboxylic acids is 1. The Morgan fingerprint density at radius 1 is 1.41 bits per heavy atom. The Morgan fingerprint density at radius 2 is 2.00 bits per heavy atom. The number of hydrogen-bond donors (Lipinski definition) is 2. The van der Waals surface area contributed by atoms with Crippen molar-refractivity contribution in [3.63, 3.8) is 0 Å². The third-order valence-electron chi connectivity index (χ3n) is 2.42. The van der Waals surface area contributed by atoms with Gasteiger partial charge in [-0.3, -0.25) is 4.79 Å². The molecule has 0 spiro atoms. The van der Waals surface area contributed by atoms with Crippen LogP contribution in [0.15, 0.2) is 18.2 Å². The Morgan fingerprint density at radius 3 is 2.53 bits per heavy atom. The molecule has 0 saturated heterocycles. The number of rotatable bonds is 5. The highest BCUT2D eigenvalue weighted by Crippen LogP contribution is 2.29. The number of amides is 1. The average Bonchev–Trinajstić information content (AvgIpc) is 2.30. The summed E-state index contributed by atoms with van der Waals surface area (Å²) < 4.78 is 0. The molecule has 0 saturated carbocycles. The number of carbonyl (C=O) groups is 1. The highest BCUT2D eigenvalue weighted by atomic mass is 35.5. The lowest BCUT2D eigenvalue weighted by Crippen LogP contribution is -2.35. The molecule has 1 aromatic carbocycles. The fourth-order valence-corrected chi connectivity index (χ4v) is 1.88. The van der Waals surface area contributed by atoms with Gasteiger partial charge in [0.1, 0.15) is 0 Å². The molecule has 3 N–H and O–H groups in total. The number of benzene rings is 1. The molecule has 0 radical (unpaired) electrons. The van der Waals surface area contributed by atoms with Crippen molar-refractivity contribution >= 4 is 34.8 Å². The smallest absolute Gasteiger partial charge is 0.241 e. The molecular weight excluding hydrogens is 259 g/mol. The Hall–Kier alpha value is -0.770. The van der Waals surface area contributed by atoms with Crippen LogP contribution in [0.4, 0.5) is 5.69 Å². The molecule has 1 aromatic rings. The van der Waals surface area contributed by atoms with Crippen LogP contribution >= 0.6 is 23.2 Å². The first kappa shape index (κ1) is 14.3. The third-order valence-corrected chi connectivity index (χ3v) is 3.05. The molecule has 0 aliphatic heterocycles. The van der Waals surface area contributed by atoms with E-state index in [1.54, 1.807) is 18.2 Å². The lowest BCUT2D eigenvalue weighted by atomic mass is 10.1. The number of nitrogens with two attached hydrogens (primary N) is 1. The van der Waals surface area contributed by atoms with Crippen molar-refractivity contribution in [2.75, 3.05) is 5.32 Å². The number of hydrogen-bond acceptors (Lipinski definition) is 2. The SMILES string of the molecule is CCCC[C@H](N)C(=O)Nc1c(Cl)cccc1Cl. The molecular formula is C12H16Cl2N2O. The molecule has 0 aromatic heterocycles. The van der Waals surface area contributed by atoms with Crippen molar-refractivity contribution in [1.29, 1.82) is 0 Å². The highest BCUT2D eigenvalue weighted by molar-refractivity contribution is 6.39. The summed E-state index contributed by atoms with van der Waals surface area (Å²) in [6, 6.07) is 4.53. The fraction of sp³-hybridized carbons (Fsp3) is 0.417. The van der Waals surface area contributed by atoms with Crippen molar-refractivity contribution in [1.82, 2.24) is 0 Å². The van der Waals surface area contributed by atoms with Crippen LogP contribution in [0.25, 0.3) is 0 Å². The van der Waals surface area contributed by atoms with E-state index in [0.29, 0.717) is 22.2 Å². The van der Waals surface area contributed by atoms with Gasteiger partial charge in [-0.2, -0.15) is 0 Å². The van der Waals surface area contributed by atoms with Crippen molar-refractivity contribution in [2.24, 2.45) is 5.73 Å². The van der Waals surface area contributed by atoms with Crippen molar-refractivity contribution in [3.8, 4) is 0 Å². The summed E-state index contributed by atoms with van der Waals surface area (Å²) in [5, 5.41) is 3.48. The van der Waals surface area contributed by atoms with E-state index in [1.807, 2.05) is 0 Å². The molecule has 0 fully saturated rings. The predicted molar refractivity (Wildman–Crippen MR) is 72.6 cm³/mol. The van der Waals surface area contributed by atoms with E-state index in [0.717, 1.165) is 12.8 Å².